The molecule has 0 spiro atoms. The third-order valence-corrected chi connectivity index (χ3v) is 3.77. The zero-order valence-corrected chi connectivity index (χ0v) is 12.7. The molecule has 0 saturated heterocycles. The summed E-state index contributed by atoms with van der Waals surface area (Å²) >= 11 is 3.40. The molecule has 106 valence electrons. The number of rotatable bonds is 1. The highest BCUT2D eigenvalue weighted by molar-refractivity contribution is 9.10. The lowest BCUT2D eigenvalue weighted by molar-refractivity contribution is 0.704. The van der Waals surface area contributed by atoms with Gasteiger partial charge >= 0.3 is 0 Å². The second-order valence-electron chi connectivity index (χ2n) is 4.70. The van der Waals surface area contributed by atoms with Crippen molar-refractivity contribution in [3.63, 3.8) is 0 Å². The predicted octanol–water partition coefficient (Wildman–Crippen LogP) is 2.46. The third-order valence-electron chi connectivity index (χ3n) is 3.28. The van der Waals surface area contributed by atoms with Crippen molar-refractivity contribution in [2.75, 3.05) is 0 Å². The summed E-state index contributed by atoms with van der Waals surface area (Å²) in [5, 5.41) is 13.1. The molecule has 0 fully saturated rings. The zero-order valence-electron chi connectivity index (χ0n) is 11.1. The van der Waals surface area contributed by atoms with E-state index in [2.05, 4.69) is 36.3 Å². The van der Waals surface area contributed by atoms with E-state index in [-0.39, 0.29) is 11.3 Å². The number of fused-ring (bicyclic) bond motifs is 3. The maximum atomic E-state index is 12.3. The van der Waals surface area contributed by atoms with Crippen LogP contribution in [0.5, 0.6) is 0 Å². The summed E-state index contributed by atoms with van der Waals surface area (Å²) in [5.74, 6) is 0. The van der Waals surface area contributed by atoms with E-state index < -0.39 is 0 Å². The van der Waals surface area contributed by atoms with Gasteiger partial charge in [0.15, 0.2) is 11.3 Å². The van der Waals surface area contributed by atoms with Crippen LogP contribution in [-0.4, -0.2) is 25.0 Å². The van der Waals surface area contributed by atoms with Gasteiger partial charge in [0.1, 0.15) is 0 Å². The topological polar surface area (TPSA) is 73.0 Å². The maximum Gasteiger partial charge on any atom is 0.300 e. The van der Waals surface area contributed by atoms with Gasteiger partial charge in [0, 0.05) is 10.0 Å². The van der Waals surface area contributed by atoms with E-state index in [9.17, 15) is 4.79 Å². The zero-order chi connectivity index (χ0) is 15.1. The van der Waals surface area contributed by atoms with E-state index in [1.54, 1.807) is 0 Å². The van der Waals surface area contributed by atoms with E-state index in [4.69, 9.17) is 0 Å². The quantitative estimate of drug-likeness (QED) is 0.491. The molecular weight excluding hydrogens is 346 g/mol. The van der Waals surface area contributed by atoms with Crippen molar-refractivity contribution in [3.05, 3.63) is 63.4 Å². The molecule has 0 atom stereocenters. The predicted molar refractivity (Wildman–Crippen MR) is 85.5 cm³/mol. The Morgan fingerprint density at radius 1 is 1.05 bits per heavy atom. The van der Waals surface area contributed by atoms with Crippen molar-refractivity contribution in [2.24, 2.45) is 0 Å². The van der Waals surface area contributed by atoms with Crippen LogP contribution in [0.15, 0.2) is 57.8 Å². The van der Waals surface area contributed by atoms with Gasteiger partial charge in [0.25, 0.3) is 5.56 Å². The Kier molecular flexibility index (Phi) is 2.93. The molecule has 0 aliphatic rings. The van der Waals surface area contributed by atoms with E-state index in [1.807, 2.05) is 48.5 Å². The van der Waals surface area contributed by atoms with Gasteiger partial charge in [0.2, 0.25) is 0 Å². The molecule has 2 aromatic heterocycles. The Hall–Kier alpha value is -2.67. The lowest BCUT2D eigenvalue weighted by Crippen LogP contribution is -2.18. The van der Waals surface area contributed by atoms with Crippen molar-refractivity contribution < 1.29 is 0 Å². The van der Waals surface area contributed by atoms with Crippen molar-refractivity contribution >= 4 is 32.5 Å². The minimum atomic E-state index is -0.388. The van der Waals surface area contributed by atoms with Gasteiger partial charge in [-0.25, -0.2) is 0 Å². The first kappa shape index (κ1) is 13.0. The molecule has 0 bridgehead atoms. The fraction of sp³-hybridized carbons (Fsp3) is 0. The Balaban J connectivity index is 2.08. The molecule has 0 saturated carbocycles. The third kappa shape index (κ3) is 2.06. The van der Waals surface area contributed by atoms with Crippen LogP contribution in [-0.2, 0) is 0 Å². The molecule has 0 amide bonds. The van der Waals surface area contributed by atoms with Crippen LogP contribution < -0.4 is 5.56 Å². The lowest BCUT2D eigenvalue weighted by Gasteiger charge is -2.04. The fourth-order valence-corrected chi connectivity index (χ4v) is 2.61. The molecule has 0 radical (unpaired) electrons. The van der Waals surface area contributed by atoms with E-state index >= 15 is 0 Å². The molecule has 22 heavy (non-hydrogen) atoms. The summed E-state index contributed by atoms with van der Waals surface area (Å²) in [6.07, 6.45) is 0. The minimum absolute atomic E-state index is 0.252. The lowest BCUT2D eigenvalue weighted by atomic mass is 10.2. The summed E-state index contributed by atoms with van der Waals surface area (Å²) < 4.78 is 2.16. The van der Waals surface area contributed by atoms with Gasteiger partial charge < -0.3 is 0 Å². The van der Waals surface area contributed by atoms with Crippen molar-refractivity contribution in [3.8, 4) is 11.3 Å². The van der Waals surface area contributed by atoms with Crippen LogP contribution in [0, 0.1) is 0 Å². The monoisotopic (exact) mass is 353 g/mol. The Morgan fingerprint density at radius 2 is 1.86 bits per heavy atom. The molecule has 0 aliphatic carbocycles. The summed E-state index contributed by atoms with van der Waals surface area (Å²) in [6, 6.07) is 14.7. The Labute approximate surface area is 132 Å². The number of halogens is 1. The first-order chi connectivity index (χ1) is 10.7. The second-order valence-corrected chi connectivity index (χ2v) is 5.61. The molecule has 4 rings (SSSR count). The van der Waals surface area contributed by atoms with Gasteiger partial charge in [-0.2, -0.15) is 4.98 Å². The molecule has 0 aliphatic heterocycles. The van der Waals surface area contributed by atoms with Crippen LogP contribution in [0.2, 0.25) is 0 Å². The highest BCUT2D eigenvalue weighted by Crippen LogP contribution is 2.20. The van der Waals surface area contributed by atoms with Crippen molar-refractivity contribution in [1.82, 2.24) is 25.0 Å². The number of benzene rings is 2. The van der Waals surface area contributed by atoms with Gasteiger partial charge in [-0.05, 0) is 23.4 Å². The number of nitrogens with zero attached hydrogens (tertiary/aromatic N) is 5. The minimum Gasteiger partial charge on any atom is -0.265 e. The summed E-state index contributed by atoms with van der Waals surface area (Å²) in [6.45, 7) is 0. The second kappa shape index (κ2) is 4.96. The number of hydrogen-bond acceptors (Lipinski definition) is 5. The van der Waals surface area contributed by atoms with Crippen LogP contribution in [0.1, 0.15) is 0 Å². The highest BCUT2D eigenvalue weighted by atomic mass is 79.9. The highest BCUT2D eigenvalue weighted by Gasteiger charge is 2.11. The van der Waals surface area contributed by atoms with Crippen molar-refractivity contribution in [2.45, 2.75) is 0 Å². The molecule has 6 nitrogen and oxygen atoms in total. The average molecular weight is 354 g/mol. The fourth-order valence-electron chi connectivity index (χ4n) is 2.25. The van der Waals surface area contributed by atoms with Crippen molar-refractivity contribution in [1.29, 1.82) is 0 Å². The maximum absolute atomic E-state index is 12.3. The smallest absolute Gasteiger partial charge is 0.265 e. The van der Waals surface area contributed by atoms with Gasteiger partial charge in [-0.1, -0.05) is 46.3 Å². The van der Waals surface area contributed by atoms with Crippen LogP contribution in [0.3, 0.4) is 0 Å². The van der Waals surface area contributed by atoms with Gasteiger partial charge in [-0.15, -0.1) is 14.8 Å². The van der Waals surface area contributed by atoms with Gasteiger partial charge in [-0.3, -0.25) is 4.79 Å². The van der Waals surface area contributed by atoms with Crippen LogP contribution >= 0.6 is 15.9 Å². The Bertz CT molecular complexity index is 1060. The average Bonchev–Trinajstić information content (AvgIpc) is 2.55. The van der Waals surface area contributed by atoms with Crippen LogP contribution in [0.4, 0.5) is 0 Å². The SMILES string of the molecule is O=c1nc2c3cc(Br)ccc3nnn2nc1-c1ccccc1. The molecular formula is C15H8BrN5O. The van der Waals surface area contributed by atoms with E-state index in [1.165, 1.54) is 4.63 Å². The standard InChI is InChI=1S/C15H8BrN5O/c16-10-6-7-12-11(8-10)14-17-15(22)13(19-21(14)20-18-12)9-4-2-1-3-5-9/h1-8H. The normalized spacial score (nSPS) is 11.1. The number of aromatic nitrogens is 5. The number of hydrogen-bond donors (Lipinski definition) is 0. The molecule has 2 heterocycles. The molecule has 0 unspecified atom stereocenters. The van der Waals surface area contributed by atoms with E-state index in [0.717, 1.165) is 4.47 Å². The van der Waals surface area contributed by atoms with Gasteiger partial charge in [0.05, 0.1) is 10.9 Å². The molecule has 0 N–H and O–H groups in total. The summed E-state index contributed by atoms with van der Waals surface area (Å²) in [7, 11) is 0. The first-order valence-corrected chi connectivity index (χ1v) is 7.30. The largest absolute Gasteiger partial charge is 0.300 e. The van der Waals surface area contributed by atoms with Crippen LogP contribution in [0.25, 0.3) is 27.8 Å². The molecule has 4 aromatic rings. The first-order valence-electron chi connectivity index (χ1n) is 6.51. The Morgan fingerprint density at radius 3 is 2.68 bits per heavy atom. The molecule has 7 heteroatoms. The van der Waals surface area contributed by atoms with E-state index in [0.29, 0.717) is 22.1 Å². The summed E-state index contributed by atoms with van der Waals surface area (Å²) in [5.41, 5.74) is 1.60. The molecule has 2 aromatic carbocycles. The summed E-state index contributed by atoms with van der Waals surface area (Å²) in [4.78, 5) is 16.5.